The van der Waals surface area contributed by atoms with Gasteiger partial charge in [-0.15, -0.1) is 0 Å². The first kappa shape index (κ1) is 15.7. The molecular formula is C17H12FNO5. The lowest BCUT2D eigenvalue weighted by atomic mass is 9.99. The molecule has 0 spiro atoms. The average molecular weight is 329 g/mol. The number of fused-ring (bicyclic) bond motifs is 1. The molecule has 0 fully saturated rings. The number of halogens is 1. The predicted molar refractivity (Wildman–Crippen MR) is 84.7 cm³/mol. The van der Waals surface area contributed by atoms with Gasteiger partial charge >= 0.3 is 11.3 Å². The lowest BCUT2D eigenvalue weighted by Gasteiger charge is -2.09. The van der Waals surface area contributed by atoms with E-state index in [1.54, 1.807) is 13.0 Å². The Labute approximate surface area is 134 Å². The molecule has 2 aromatic carbocycles. The monoisotopic (exact) mass is 329 g/mol. The van der Waals surface area contributed by atoms with Gasteiger partial charge in [0, 0.05) is 29.5 Å². The van der Waals surface area contributed by atoms with E-state index in [4.69, 9.17) is 4.42 Å². The molecule has 0 amide bonds. The molecule has 24 heavy (non-hydrogen) atoms. The minimum atomic E-state index is -0.966. The number of aryl methyl sites for hydroxylation is 1. The van der Waals surface area contributed by atoms with Crippen LogP contribution in [-0.2, 0) is 6.42 Å². The predicted octanol–water partition coefficient (Wildman–Crippen LogP) is 3.45. The third kappa shape index (κ3) is 2.60. The van der Waals surface area contributed by atoms with Gasteiger partial charge in [0.15, 0.2) is 0 Å². The molecule has 6 nitrogen and oxygen atoms in total. The van der Waals surface area contributed by atoms with Crippen LogP contribution in [-0.4, -0.2) is 10.0 Å². The van der Waals surface area contributed by atoms with Crippen molar-refractivity contribution in [1.29, 1.82) is 0 Å². The Hall–Kier alpha value is -3.22. The number of rotatable bonds is 3. The lowest BCUT2D eigenvalue weighted by molar-refractivity contribution is -0.387. The van der Waals surface area contributed by atoms with E-state index in [9.17, 15) is 24.4 Å². The smallest absolute Gasteiger partial charge is 0.340 e. The van der Waals surface area contributed by atoms with Crippen molar-refractivity contribution in [3.05, 3.63) is 79.4 Å². The molecule has 1 N–H and O–H groups in total. The zero-order valence-electron chi connectivity index (χ0n) is 12.6. The molecule has 7 heteroatoms. The van der Waals surface area contributed by atoms with E-state index in [1.165, 1.54) is 24.3 Å². The Kier molecular flexibility index (Phi) is 3.76. The number of hydrogen-bond acceptors (Lipinski definition) is 5. The first-order valence-corrected chi connectivity index (χ1v) is 7.05. The van der Waals surface area contributed by atoms with E-state index < -0.39 is 22.1 Å². The Balaban J connectivity index is 2.15. The molecule has 3 aromatic rings. The highest BCUT2D eigenvalue weighted by Crippen LogP contribution is 2.26. The van der Waals surface area contributed by atoms with E-state index in [1.807, 2.05) is 0 Å². The van der Waals surface area contributed by atoms with Crippen LogP contribution in [0.15, 0.2) is 45.6 Å². The molecule has 0 atom stereocenters. The van der Waals surface area contributed by atoms with Gasteiger partial charge in [-0.25, -0.2) is 4.79 Å². The van der Waals surface area contributed by atoms with Crippen LogP contribution in [0.3, 0.4) is 0 Å². The Morgan fingerprint density at radius 1 is 1.29 bits per heavy atom. The molecule has 0 saturated carbocycles. The van der Waals surface area contributed by atoms with Crippen LogP contribution in [0.4, 0.5) is 10.1 Å². The molecule has 1 heterocycles. The summed E-state index contributed by atoms with van der Waals surface area (Å²) >= 11 is 0. The molecule has 1 aromatic heterocycles. The second kappa shape index (κ2) is 5.77. The fraction of sp³-hybridized carbons (Fsp3) is 0.118. The van der Waals surface area contributed by atoms with E-state index in [0.29, 0.717) is 10.9 Å². The summed E-state index contributed by atoms with van der Waals surface area (Å²) in [5, 5.41) is 20.9. The van der Waals surface area contributed by atoms with Crippen molar-refractivity contribution in [2.45, 2.75) is 13.3 Å². The van der Waals surface area contributed by atoms with Crippen molar-refractivity contribution in [3.63, 3.8) is 0 Å². The summed E-state index contributed by atoms with van der Waals surface area (Å²) in [5.74, 6) is -1.00. The SMILES string of the molecule is Cc1c(Cc2cccc([N+](=O)[O-])c2F)c(=O)oc2cc(O)ccc12. The lowest BCUT2D eigenvalue weighted by Crippen LogP contribution is -2.12. The van der Waals surface area contributed by atoms with Gasteiger partial charge in [-0.3, -0.25) is 10.1 Å². The van der Waals surface area contributed by atoms with Gasteiger partial charge in [-0.1, -0.05) is 12.1 Å². The fourth-order valence-electron chi connectivity index (χ4n) is 2.62. The van der Waals surface area contributed by atoms with Crippen molar-refractivity contribution in [2.75, 3.05) is 0 Å². The molecular weight excluding hydrogens is 317 g/mol. The zero-order valence-corrected chi connectivity index (χ0v) is 12.6. The topological polar surface area (TPSA) is 93.6 Å². The van der Waals surface area contributed by atoms with Crippen molar-refractivity contribution in [1.82, 2.24) is 0 Å². The summed E-state index contributed by atoms with van der Waals surface area (Å²) in [4.78, 5) is 22.2. The molecule has 122 valence electrons. The van der Waals surface area contributed by atoms with Crippen molar-refractivity contribution < 1.29 is 18.8 Å². The number of nitrogens with zero attached hydrogens (tertiary/aromatic N) is 1. The summed E-state index contributed by atoms with van der Waals surface area (Å²) in [6, 6.07) is 8.19. The summed E-state index contributed by atoms with van der Waals surface area (Å²) in [6.07, 6.45) is -0.126. The second-order valence-corrected chi connectivity index (χ2v) is 5.36. The highest BCUT2D eigenvalue weighted by Gasteiger charge is 2.20. The Bertz CT molecular complexity index is 1030. The zero-order chi connectivity index (χ0) is 17.4. The highest BCUT2D eigenvalue weighted by atomic mass is 19.1. The summed E-state index contributed by atoms with van der Waals surface area (Å²) < 4.78 is 19.4. The van der Waals surface area contributed by atoms with Crippen LogP contribution in [0, 0.1) is 22.9 Å². The molecule has 0 aliphatic heterocycles. The summed E-state index contributed by atoms with van der Waals surface area (Å²) in [6.45, 7) is 1.68. The third-order valence-electron chi connectivity index (χ3n) is 3.89. The van der Waals surface area contributed by atoms with Crippen LogP contribution in [0.25, 0.3) is 11.0 Å². The average Bonchev–Trinajstić information content (AvgIpc) is 2.52. The van der Waals surface area contributed by atoms with Crippen LogP contribution >= 0.6 is 0 Å². The van der Waals surface area contributed by atoms with Crippen molar-refractivity contribution >= 4 is 16.7 Å². The Morgan fingerprint density at radius 2 is 2.04 bits per heavy atom. The van der Waals surface area contributed by atoms with Gasteiger partial charge in [0.25, 0.3) is 0 Å². The van der Waals surface area contributed by atoms with Gasteiger partial charge < -0.3 is 9.52 Å². The third-order valence-corrected chi connectivity index (χ3v) is 3.89. The van der Waals surface area contributed by atoms with Crippen LogP contribution in [0.2, 0.25) is 0 Å². The number of nitro benzene ring substituents is 1. The number of benzene rings is 2. The molecule has 3 rings (SSSR count). The molecule has 0 radical (unpaired) electrons. The fourth-order valence-corrected chi connectivity index (χ4v) is 2.62. The first-order valence-electron chi connectivity index (χ1n) is 7.05. The molecule has 0 aliphatic rings. The highest BCUT2D eigenvalue weighted by molar-refractivity contribution is 5.82. The number of phenols is 1. The van der Waals surface area contributed by atoms with Crippen LogP contribution in [0.1, 0.15) is 16.7 Å². The standard InChI is InChI=1S/C17H12FNO5/c1-9-12-6-5-11(20)8-15(12)24-17(21)13(9)7-10-3-2-4-14(16(10)18)19(22)23/h2-6,8,20H,7H2,1H3. The molecule has 0 bridgehead atoms. The van der Waals surface area contributed by atoms with E-state index >= 15 is 0 Å². The maximum Gasteiger partial charge on any atom is 0.340 e. The minimum Gasteiger partial charge on any atom is -0.508 e. The summed E-state index contributed by atoms with van der Waals surface area (Å²) in [7, 11) is 0. The number of hydrogen-bond donors (Lipinski definition) is 1. The normalized spacial score (nSPS) is 10.9. The van der Waals surface area contributed by atoms with Crippen molar-refractivity contribution in [3.8, 4) is 5.75 Å². The number of nitro groups is 1. The second-order valence-electron chi connectivity index (χ2n) is 5.36. The van der Waals surface area contributed by atoms with Crippen molar-refractivity contribution in [2.24, 2.45) is 0 Å². The van der Waals surface area contributed by atoms with E-state index in [-0.39, 0.29) is 28.9 Å². The first-order chi connectivity index (χ1) is 11.4. The van der Waals surface area contributed by atoms with E-state index in [0.717, 1.165) is 6.07 Å². The van der Waals surface area contributed by atoms with Gasteiger partial charge in [0.05, 0.1) is 4.92 Å². The molecule has 0 saturated heterocycles. The van der Waals surface area contributed by atoms with Gasteiger partial charge in [-0.05, 0) is 30.2 Å². The summed E-state index contributed by atoms with van der Waals surface area (Å²) in [5.41, 5.74) is -0.255. The van der Waals surface area contributed by atoms with Gasteiger partial charge in [0.1, 0.15) is 11.3 Å². The van der Waals surface area contributed by atoms with Crippen LogP contribution < -0.4 is 5.63 Å². The van der Waals surface area contributed by atoms with Gasteiger partial charge in [0.2, 0.25) is 5.82 Å². The van der Waals surface area contributed by atoms with Crippen LogP contribution in [0.5, 0.6) is 5.75 Å². The van der Waals surface area contributed by atoms with E-state index in [2.05, 4.69) is 0 Å². The van der Waals surface area contributed by atoms with Gasteiger partial charge in [-0.2, -0.15) is 4.39 Å². The number of phenolic OH excluding ortho intramolecular Hbond substituents is 1. The molecule has 0 unspecified atom stereocenters. The molecule has 0 aliphatic carbocycles. The minimum absolute atomic E-state index is 0.0393. The Morgan fingerprint density at radius 3 is 2.75 bits per heavy atom. The maximum atomic E-state index is 14.2. The quantitative estimate of drug-likeness (QED) is 0.451. The number of aromatic hydroxyl groups is 1. The maximum absolute atomic E-state index is 14.2. The largest absolute Gasteiger partial charge is 0.508 e.